The molecular formula is C13H10N2O4S. The Morgan fingerprint density at radius 1 is 1.50 bits per heavy atom. The van der Waals surface area contributed by atoms with Crippen molar-refractivity contribution in [3.8, 4) is 5.75 Å². The largest absolute Gasteiger partial charge is 0.508 e. The van der Waals surface area contributed by atoms with E-state index in [1.54, 1.807) is 19.1 Å². The van der Waals surface area contributed by atoms with Crippen molar-refractivity contribution in [1.82, 2.24) is 9.38 Å². The predicted octanol–water partition coefficient (Wildman–Crippen LogP) is 1.79. The molecule has 1 N–H and O–H groups in total. The lowest BCUT2D eigenvalue weighted by Gasteiger charge is -2.01. The van der Waals surface area contributed by atoms with E-state index in [0.717, 1.165) is 4.70 Å². The van der Waals surface area contributed by atoms with Crippen LogP contribution in [0.3, 0.4) is 0 Å². The van der Waals surface area contributed by atoms with Gasteiger partial charge in [-0.15, -0.1) is 0 Å². The third kappa shape index (κ3) is 1.83. The van der Waals surface area contributed by atoms with Crippen LogP contribution in [0.2, 0.25) is 0 Å². The molecule has 0 saturated heterocycles. The smallest absolute Gasteiger partial charge is 0.345 e. The summed E-state index contributed by atoms with van der Waals surface area (Å²) in [5, 5.41) is 9.46. The van der Waals surface area contributed by atoms with Gasteiger partial charge in [0.05, 0.1) is 23.0 Å². The molecule has 0 aliphatic carbocycles. The van der Waals surface area contributed by atoms with Crippen LogP contribution in [0.1, 0.15) is 17.3 Å². The number of aromatic nitrogens is 2. The number of thiazole rings is 1. The van der Waals surface area contributed by atoms with Gasteiger partial charge >= 0.3 is 5.97 Å². The topological polar surface area (TPSA) is 80.9 Å². The van der Waals surface area contributed by atoms with Gasteiger partial charge in [0.1, 0.15) is 11.3 Å². The van der Waals surface area contributed by atoms with Crippen molar-refractivity contribution in [2.24, 2.45) is 0 Å². The molecule has 3 rings (SSSR count). The first-order valence-electron chi connectivity index (χ1n) is 5.92. The molecule has 6 nitrogen and oxygen atoms in total. The molecule has 0 amide bonds. The molecular weight excluding hydrogens is 280 g/mol. The van der Waals surface area contributed by atoms with Crippen LogP contribution in [0.4, 0.5) is 0 Å². The van der Waals surface area contributed by atoms with Crippen molar-refractivity contribution < 1.29 is 14.6 Å². The summed E-state index contributed by atoms with van der Waals surface area (Å²) >= 11 is 1.26. The quantitative estimate of drug-likeness (QED) is 0.728. The fourth-order valence-electron chi connectivity index (χ4n) is 1.94. The van der Waals surface area contributed by atoms with Crippen LogP contribution in [0, 0.1) is 0 Å². The molecule has 2 heterocycles. The van der Waals surface area contributed by atoms with Gasteiger partial charge in [0.2, 0.25) is 0 Å². The Labute approximate surface area is 116 Å². The summed E-state index contributed by atoms with van der Waals surface area (Å²) in [6.07, 6.45) is 1.23. The van der Waals surface area contributed by atoms with Crippen LogP contribution < -0.4 is 5.56 Å². The summed E-state index contributed by atoms with van der Waals surface area (Å²) in [6, 6.07) is 4.66. The summed E-state index contributed by atoms with van der Waals surface area (Å²) in [4.78, 5) is 28.7. The van der Waals surface area contributed by atoms with E-state index in [4.69, 9.17) is 4.74 Å². The molecule has 7 heteroatoms. The lowest BCUT2D eigenvalue weighted by atomic mass is 10.3. The Kier molecular flexibility index (Phi) is 2.90. The first-order chi connectivity index (χ1) is 9.61. The van der Waals surface area contributed by atoms with Gasteiger partial charge in [0, 0.05) is 0 Å². The minimum atomic E-state index is -0.683. The molecule has 0 unspecified atom stereocenters. The van der Waals surface area contributed by atoms with Crippen LogP contribution in [0.25, 0.3) is 15.2 Å². The zero-order valence-electron chi connectivity index (χ0n) is 10.5. The maximum absolute atomic E-state index is 12.4. The number of hydrogen-bond donors (Lipinski definition) is 1. The van der Waals surface area contributed by atoms with E-state index in [9.17, 15) is 14.7 Å². The van der Waals surface area contributed by atoms with E-state index in [-0.39, 0.29) is 17.9 Å². The molecule has 0 radical (unpaired) electrons. The van der Waals surface area contributed by atoms with Gasteiger partial charge < -0.3 is 9.84 Å². The number of ether oxygens (including phenoxy) is 1. The molecule has 0 atom stereocenters. The van der Waals surface area contributed by atoms with Crippen molar-refractivity contribution in [2.75, 3.05) is 6.61 Å². The summed E-state index contributed by atoms with van der Waals surface area (Å²) < 4.78 is 6.91. The molecule has 20 heavy (non-hydrogen) atoms. The van der Waals surface area contributed by atoms with Crippen LogP contribution in [0.15, 0.2) is 29.2 Å². The standard InChI is InChI=1S/C13H10N2O4S/c1-2-19-12(18)8-6-14-13-15(11(8)17)9-4-3-7(16)5-10(9)20-13/h3-6,16H,2H2,1H3. The Hall–Kier alpha value is -2.41. The van der Waals surface area contributed by atoms with E-state index in [1.807, 2.05) is 0 Å². The number of phenolic OH excluding ortho intramolecular Hbond substituents is 1. The molecule has 0 aliphatic rings. The maximum atomic E-state index is 12.4. The fourth-order valence-corrected chi connectivity index (χ4v) is 2.96. The second kappa shape index (κ2) is 4.61. The molecule has 0 aliphatic heterocycles. The Balaban J connectivity index is 2.34. The highest BCUT2D eigenvalue weighted by molar-refractivity contribution is 7.23. The fraction of sp³-hybridized carbons (Fsp3) is 0.154. The van der Waals surface area contributed by atoms with Gasteiger partial charge in [-0.2, -0.15) is 0 Å². The highest BCUT2D eigenvalue weighted by atomic mass is 32.1. The van der Waals surface area contributed by atoms with Crippen molar-refractivity contribution in [3.05, 3.63) is 40.3 Å². The second-order valence-electron chi connectivity index (χ2n) is 4.07. The van der Waals surface area contributed by atoms with Crippen molar-refractivity contribution in [3.63, 3.8) is 0 Å². The van der Waals surface area contributed by atoms with Crippen LogP contribution in [-0.2, 0) is 4.74 Å². The first-order valence-corrected chi connectivity index (χ1v) is 6.74. The number of nitrogens with zero attached hydrogens (tertiary/aromatic N) is 2. The minimum absolute atomic E-state index is 0.0999. The zero-order valence-corrected chi connectivity index (χ0v) is 11.3. The van der Waals surface area contributed by atoms with Crippen molar-refractivity contribution in [1.29, 1.82) is 0 Å². The van der Waals surface area contributed by atoms with Gasteiger partial charge in [0.15, 0.2) is 4.96 Å². The second-order valence-corrected chi connectivity index (χ2v) is 5.08. The van der Waals surface area contributed by atoms with E-state index in [1.165, 1.54) is 28.0 Å². The van der Waals surface area contributed by atoms with E-state index in [2.05, 4.69) is 4.98 Å². The molecule has 1 aromatic carbocycles. The van der Waals surface area contributed by atoms with Gasteiger partial charge in [-0.25, -0.2) is 9.78 Å². The van der Waals surface area contributed by atoms with Crippen LogP contribution in [-0.4, -0.2) is 27.1 Å². The molecule has 0 bridgehead atoms. The third-order valence-electron chi connectivity index (χ3n) is 2.81. The molecule has 2 aromatic heterocycles. The van der Waals surface area contributed by atoms with Gasteiger partial charge in [-0.3, -0.25) is 9.20 Å². The number of fused-ring (bicyclic) bond motifs is 3. The van der Waals surface area contributed by atoms with Crippen molar-refractivity contribution >= 4 is 32.5 Å². The molecule has 0 saturated carbocycles. The third-order valence-corrected chi connectivity index (χ3v) is 3.83. The van der Waals surface area contributed by atoms with E-state index >= 15 is 0 Å². The number of carbonyl (C=O) groups is 1. The number of esters is 1. The number of rotatable bonds is 2. The Morgan fingerprint density at radius 3 is 3.05 bits per heavy atom. The van der Waals surface area contributed by atoms with Gasteiger partial charge in [-0.05, 0) is 25.1 Å². The predicted molar refractivity (Wildman–Crippen MR) is 74.5 cm³/mol. The molecule has 102 valence electrons. The lowest BCUT2D eigenvalue weighted by molar-refractivity contribution is 0.0523. The number of phenols is 1. The number of benzene rings is 1. The SMILES string of the molecule is CCOC(=O)c1cnc2sc3cc(O)ccc3n2c1=O. The average Bonchev–Trinajstić information content (AvgIpc) is 2.77. The monoisotopic (exact) mass is 290 g/mol. The number of hydrogen-bond acceptors (Lipinski definition) is 6. The van der Waals surface area contributed by atoms with E-state index < -0.39 is 11.5 Å². The van der Waals surface area contributed by atoms with Gasteiger partial charge in [0.25, 0.3) is 5.56 Å². The molecule has 0 spiro atoms. The highest BCUT2D eigenvalue weighted by Crippen LogP contribution is 2.27. The molecule has 0 fully saturated rings. The number of aromatic hydroxyl groups is 1. The van der Waals surface area contributed by atoms with Gasteiger partial charge in [-0.1, -0.05) is 11.3 Å². The zero-order chi connectivity index (χ0) is 14.3. The first kappa shape index (κ1) is 12.6. The normalized spacial score (nSPS) is 11.1. The summed E-state index contributed by atoms with van der Waals surface area (Å²) in [5.74, 6) is -0.569. The Morgan fingerprint density at radius 2 is 2.30 bits per heavy atom. The minimum Gasteiger partial charge on any atom is -0.508 e. The van der Waals surface area contributed by atoms with Crippen LogP contribution in [0.5, 0.6) is 5.75 Å². The van der Waals surface area contributed by atoms with Crippen LogP contribution >= 0.6 is 11.3 Å². The summed E-state index contributed by atoms with van der Waals surface area (Å²) in [6.45, 7) is 1.86. The summed E-state index contributed by atoms with van der Waals surface area (Å²) in [5.41, 5.74) is 0.0361. The molecule has 3 aromatic rings. The summed E-state index contributed by atoms with van der Waals surface area (Å²) in [7, 11) is 0. The maximum Gasteiger partial charge on any atom is 0.345 e. The number of carbonyl (C=O) groups excluding carboxylic acids is 1. The Bertz CT molecular complexity index is 881. The van der Waals surface area contributed by atoms with E-state index in [0.29, 0.717) is 10.5 Å². The highest BCUT2D eigenvalue weighted by Gasteiger charge is 2.17. The van der Waals surface area contributed by atoms with Crippen molar-refractivity contribution in [2.45, 2.75) is 6.92 Å². The average molecular weight is 290 g/mol. The lowest BCUT2D eigenvalue weighted by Crippen LogP contribution is -2.23.